The molecular formula is C30H35BrN4O4S2. The van der Waals surface area contributed by atoms with Crippen molar-refractivity contribution in [2.45, 2.75) is 28.0 Å². The molecule has 0 radical (unpaired) electrons. The summed E-state index contributed by atoms with van der Waals surface area (Å²) in [5.74, 6) is 0.482. The van der Waals surface area contributed by atoms with Gasteiger partial charge in [-0.3, -0.25) is 0 Å². The van der Waals surface area contributed by atoms with E-state index in [-0.39, 0.29) is 0 Å². The van der Waals surface area contributed by atoms with E-state index in [0.717, 1.165) is 31.0 Å². The van der Waals surface area contributed by atoms with Crippen LogP contribution >= 0.6 is 39.5 Å². The van der Waals surface area contributed by atoms with Crippen LogP contribution in [0.4, 0.5) is 0 Å². The third kappa shape index (κ3) is 6.59. The first-order valence-corrected chi connectivity index (χ1v) is 16.1. The minimum atomic E-state index is -1.45. The minimum Gasteiger partial charge on any atom is -0.491 e. The molecule has 2 atom stereocenters. The van der Waals surface area contributed by atoms with Gasteiger partial charge in [-0.25, -0.2) is 15.0 Å². The Kier molecular flexibility index (Phi) is 10.4. The van der Waals surface area contributed by atoms with E-state index in [9.17, 15) is 5.11 Å². The lowest BCUT2D eigenvalue weighted by Crippen LogP contribution is -2.38. The maximum absolute atomic E-state index is 13.2. The zero-order valence-electron chi connectivity index (χ0n) is 24.3. The van der Waals surface area contributed by atoms with Gasteiger partial charge in [0.05, 0.1) is 42.8 Å². The molecule has 0 bridgehead atoms. The molecule has 0 unspecified atom stereocenters. The molecule has 11 heteroatoms. The van der Waals surface area contributed by atoms with Gasteiger partial charge in [0.25, 0.3) is 5.88 Å². The van der Waals surface area contributed by atoms with E-state index in [2.05, 4.69) is 25.8 Å². The summed E-state index contributed by atoms with van der Waals surface area (Å²) < 4.78 is 18.3. The molecule has 0 saturated carbocycles. The number of benzene rings is 1. The number of thioether (sulfide) groups is 2. The Labute approximate surface area is 258 Å². The average Bonchev–Trinajstić information content (AvgIpc) is 2.99. The summed E-state index contributed by atoms with van der Waals surface area (Å²) in [5.41, 5.74) is 1.47. The van der Waals surface area contributed by atoms with Crippen molar-refractivity contribution in [2.24, 2.45) is 0 Å². The van der Waals surface area contributed by atoms with Crippen LogP contribution in [0, 0.1) is 0 Å². The van der Waals surface area contributed by atoms with Crippen LogP contribution in [0.25, 0.3) is 10.9 Å². The van der Waals surface area contributed by atoms with E-state index >= 15 is 0 Å². The number of aliphatic hydroxyl groups is 1. The third-order valence-corrected chi connectivity index (χ3v) is 8.75. The quantitative estimate of drug-likeness (QED) is 0.177. The van der Waals surface area contributed by atoms with Crippen LogP contribution in [0.2, 0.25) is 0 Å². The van der Waals surface area contributed by atoms with Crippen molar-refractivity contribution < 1.29 is 19.3 Å². The Balaban J connectivity index is 2.15. The lowest BCUT2D eigenvalue weighted by atomic mass is 9.71. The summed E-state index contributed by atoms with van der Waals surface area (Å²) in [6.07, 6.45) is 6.03. The van der Waals surface area contributed by atoms with Crippen molar-refractivity contribution in [1.29, 1.82) is 0 Å². The highest BCUT2D eigenvalue weighted by atomic mass is 79.9. The van der Waals surface area contributed by atoms with Gasteiger partial charge in [0.2, 0.25) is 5.88 Å². The van der Waals surface area contributed by atoms with Gasteiger partial charge < -0.3 is 24.2 Å². The Morgan fingerprint density at radius 2 is 1.59 bits per heavy atom. The Bertz CT molecular complexity index is 1500. The van der Waals surface area contributed by atoms with Crippen molar-refractivity contribution in [3.05, 3.63) is 69.8 Å². The van der Waals surface area contributed by atoms with Gasteiger partial charge in [0, 0.05) is 33.7 Å². The number of fused-ring (bicyclic) bond motifs is 1. The summed E-state index contributed by atoms with van der Waals surface area (Å²) in [6, 6.07) is 13.7. The largest absolute Gasteiger partial charge is 0.491 e. The lowest BCUT2D eigenvalue weighted by Gasteiger charge is -2.39. The number of aromatic nitrogens is 3. The molecule has 4 aromatic rings. The number of hydrogen-bond donors (Lipinski definition) is 1. The SMILES string of the molecule is COc1nc2ccc(Br)cc2cc1[C@@H](c1ccnc(OC)c1OC)[C@@](O)(CCN(C)C)c1cc(SC)nc(SC)c1. The van der Waals surface area contributed by atoms with Gasteiger partial charge in [-0.05, 0) is 81.1 Å². The average molecular weight is 660 g/mol. The van der Waals surface area contributed by atoms with Gasteiger partial charge in [-0.2, -0.15) is 0 Å². The minimum absolute atomic E-state index is 0.324. The molecule has 0 amide bonds. The first kappa shape index (κ1) is 31.4. The van der Waals surface area contributed by atoms with E-state index in [0.29, 0.717) is 41.6 Å². The van der Waals surface area contributed by atoms with Crippen molar-refractivity contribution in [1.82, 2.24) is 19.9 Å². The smallest absolute Gasteiger partial charge is 0.257 e. The first-order chi connectivity index (χ1) is 19.7. The predicted molar refractivity (Wildman–Crippen MR) is 170 cm³/mol. The molecule has 1 N–H and O–H groups in total. The Morgan fingerprint density at radius 3 is 2.17 bits per heavy atom. The molecule has 0 saturated heterocycles. The number of hydrogen-bond acceptors (Lipinski definition) is 10. The molecule has 0 aliphatic rings. The summed E-state index contributed by atoms with van der Waals surface area (Å²) in [5, 5.41) is 15.7. The third-order valence-electron chi connectivity index (χ3n) is 7.00. The number of pyridine rings is 3. The van der Waals surface area contributed by atoms with Crippen LogP contribution in [-0.4, -0.2) is 79.4 Å². The number of halogens is 1. The molecule has 0 aliphatic carbocycles. The van der Waals surface area contributed by atoms with Crippen LogP contribution in [0.1, 0.15) is 29.0 Å². The zero-order chi connectivity index (χ0) is 29.7. The van der Waals surface area contributed by atoms with Crippen molar-refractivity contribution in [3.63, 3.8) is 0 Å². The van der Waals surface area contributed by atoms with Gasteiger partial charge in [-0.1, -0.05) is 15.9 Å². The highest BCUT2D eigenvalue weighted by Gasteiger charge is 2.44. The first-order valence-electron chi connectivity index (χ1n) is 12.9. The highest BCUT2D eigenvalue weighted by molar-refractivity contribution is 9.10. The Hall–Kier alpha value is -2.57. The number of rotatable bonds is 12. The van der Waals surface area contributed by atoms with E-state index in [4.69, 9.17) is 24.2 Å². The van der Waals surface area contributed by atoms with Crippen molar-refractivity contribution in [2.75, 3.05) is 54.5 Å². The fourth-order valence-corrected chi connectivity index (χ4v) is 6.31. The molecular weight excluding hydrogens is 624 g/mol. The fourth-order valence-electron chi connectivity index (χ4n) is 5.01. The molecule has 0 fully saturated rings. The van der Waals surface area contributed by atoms with E-state index < -0.39 is 11.5 Å². The monoisotopic (exact) mass is 658 g/mol. The molecule has 0 spiro atoms. The van der Waals surface area contributed by atoms with Crippen LogP contribution < -0.4 is 14.2 Å². The summed E-state index contributed by atoms with van der Waals surface area (Å²) in [6.45, 7) is 0.609. The number of nitrogens with zero attached hydrogens (tertiary/aromatic N) is 4. The molecule has 1 aromatic carbocycles. The van der Waals surface area contributed by atoms with Gasteiger partial charge in [0.15, 0.2) is 5.75 Å². The predicted octanol–water partition coefficient (Wildman–Crippen LogP) is 6.23. The number of methoxy groups -OCH3 is 3. The molecule has 0 aliphatic heterocycles. The van der Waals surface area contributed by atoms with E-state index in [1.165, 1.54) is 23.5 Å². The normalized spacial score (nSPS) is 13.7. The fraction of sp³-hybridized carbons (Fsp3) is 0.367. The maximum atomic E-state index is 13.2. The van der Waals surface area contributed by atoms with Crippen LogP contribution in [0.15, 0.2) is 63.2 Å². The highest BCUT2D eigenvalue weighted by Crippen LogP contribution is 2.51. The topological polar surface area (TPSA) is 89.8 Å². The molecule has 3 heterocycles. The van der Waals surface area contributed by atoms with Crippen molar-refractivity contribution >= 4 is 50.4 Å². The summed E-state index contributed by atoms with van der Waals surface area (Å²) in [7, 11) is 8.72. The molecule has 8 nitrogen and oxygen atoms in total. The Morgan fingerprint density at radius 1 is 0.902 bits per heavy atom. The standard InChI is InChI=1S/C30H35BrN4O4S2/c1-35(2)13-11-30(36,19-16-24(40-6)34-25(17-19)41-7)26(21-10-12-32-29(39-5)27(21)37-3)22-15-18-14-20(31)8-9-23(18)33-28(22)38-4/h8-10,12,14-17,26,36H,11,13H2,1-7H3/t26-,30-/m1/s1. The van der Waals surface area contributed by atoms with E-state index in [1.807, 2.05) is 69.1 Å². The van der Waals surface area contributed by atoms with Crippen LogP contribution in [-0.2, 0) is 5.60 Å². The van der Waals surface area contributed by atoms with Crippen LogP contribution in [0.3, 0.4) is 0 Å². The van der Waals surface area contributed by atoms with Crippen LogP contribution in [0.5, 0.6) is 17.5 Å². The van der Waals surface area contributed by atoms with E-state index in [1.54, 1.807) is 27.5 Å². The molecule has 41 heavy (non-hydrogen) atoms. The zero-order valence-corrected chi connectivity index (χ0v) is 27.5. The summed E-state index contributed by atoms with van der Waals surface area (Å²) >= 11 is 6.67. The second-order valence-corrected chi connectivity index (χ2v) is 12.3. The number of ether oxygens (including phenoxy) is 3. The van der Waals surface area contributed by atoms with Gasteiger partial charge >= 0.3 is 0 Å². The molecule has 3 aromatic heterocycles. The maximum Gasteiger partial charge on any atom is 0.257 e. The van der Waals surface area contributed by atoms with Gasteiger partial charge in [-0.15, -0.1) is 23.5 Å². The summed E-state index contributed by atoms with van der Waals surface area (Å²) in [4.78, 5) is 16.1. The molecule has 4 rings (SSSR count). The second-order valence-electron chi connectivity index (χ2n) is 9.72. The lowest BCUT2D eigenvalue weighted by molar-refractivity contribution is 0.00259. The van der Waals surface area contributed by atoms with Gasteiger partial charge in [0.1, 0.15) is 5.60 Å². The molecule has 218 valence electrons. The van der Waals surface area contributed by atoms with Crippen molar-refractivity contribution in [3.8, 4) is 17.5 Å². The second kappa shape index (κ2) is 13.6.